The number of hydrogen-bond donors (Lipinski definition) is 0. The van der Waals surface area contributed by atoms with Crippen LogP contribution in [0, 0.1) is 11.8 Å². The number of nitrogens with zero attached hydrogens (tertiary/aromatic N) is 2. The minimum absolute atomic E-state index is 0. The molecule has 3 saturated heterocycles. The number of ether oxygens (including phenoxy) is 1. The molecule has 5 heteroatoms. The summed E-state index contributed by atoms with van der Waals surface area (Å²) in [6.45, 7) is 5.97. The van der Waals surface area contributed by atoms with Crippen molar-refractivity contribution in [1.29, 1.82) is 0 Å². The number of rotatable bonds is 4. The maximum Gasteiger partial charge on any atom is 1.00 e. The third-order valence-corrected chi connectivity index (χ3v) is 5.79. The van der Waals surface area contributed by atoms with Crippen LogP contribution < -0.4 is 28.7 Å². The van der Waals surface area contributed by atoms with Crippen molar-refractivity contribution in [2.45, 2.75) is 25.0 Å². The average Bonchev–Trinajstić information content (AvgIpc) is 2.66. The van der Waals surface area contributed by atoms with Gasteiger partial charge in [0, 0.05) is 24.2 Å². The first-order valence-electron chi connectivity index (χ1n) is 8.66. The Morgan fingerprint density at radius 1 is 1.40 bits per heavy atom. The van der Waals surface area contributed by atoms with Gasteiger partial charge in [-0.15, -0.1) is 6.58 Å². The van der Waals surface area contributed by atoms with Gasteiger partial charge < -0.3 is 14.7 Å². The van der Waals surface area contributed by atoms with Crippen LogP contribution in [0.4, 0.5) is 0 Å². The predicted molar refractivity (Wildman–Crippen MR) is 92.8 cm³/mol. The number of fused-ring (bicyclic) bond motifs is 4. The van der Waals surface area contributed by atoms with E-state index in [0.29, 0.717) is 11.8 Å². The number of aromatic nitrogens is 1. The molecule has 0 N–H and O–H groups in total. The zero-order valence-corrected chi connectivity index (χ0v) is 15.0. The van der Waals surface area contributed by atoms with Crippen molar-refractivity contribution in [3.8, 4) is 5.75 Å². The molecule has 0 radical (unpaired) electrons. The van der Waals surface area contributed by atoms with E-state index in [2.05, 4.69) is 22.5 Å². The van der Waals surface area contributed by atoms with Crippen molar-refractivity contribution in [2.24, 2.45) is 11.8 Å². The fraction of sp³-hybridized carbons (Fsp3) is 0.450. The summed E-state index contributed by atoms with van der Waals surface area (Å²) < 4.78 is 5.33. The number of benzene rings is 1. The second-order valence-electron chi connectivity index (χ2n) is 6.95. The molecule has 4 nitrogen and oxygen atoms in total. The molecule has 2 bridgehead atoms. The second-order valence-corrected chi connectivity index (χ2v) is 6.95. The van der Waals surface area contributed by atoms with Crippen LogP contribution >= 0.6 is 0 Å². The normalized spacial score (nSPS) is 29.0. The summed E-state index contributed by atoms with van der Waals surface area (Å²) in [6.07, 6.45) is 5.22. The van der Waals surface area contributed by atoms with Gasteiger partial charge in [0.05, 0.1) is 12.6 Å². The molecule has 4 heterocycles. The largest absolute Gasteiger partial charge is 1.00 e. The molecule has 0 amide bonds. The van der Waals surface area contributed by atoms with Crippen LogP contribution in [0.5, 0.6) is 5.75 Å². The van der Waals surface area contributed by atoms with E-state index in [4.69, 9.17) is 4.74 Å². The van der Waals surface area contributed by atoms with Crippen molar-refractivity contribution in [3.63, 3.8) is 0 Å². The van der Waals surface area contributed by atoms with E-state index in [0.717, 1.165) is 41.7 Å². The maximum absolute atomic E-state index is 13.3. The predicted octanol–water partition coefficient (Wildman–Crippen LogP) is -0.455. The fourth-order valence-corrected chi connectivity index (χ4v) is 4.42. The van der Waals surface area contributed by atoms with Crippen LogP contribution in [-0.2, 0) is 0 Å². The molecule has 3 fully saturated rings. The third-order valence-electron chi connectivity index (χ3n) is 5.79. The van der Waals surface area contributed by atoms with Crippen LogP contribution in [0.1, 0.15) is 24.5 Å². The molecular weight excluding hydrogens is 307 g/mol. The van der Waals surface area contributed by atoms with Crippen LogP contribution in [0.3, 0.4) is 0 Å². The Balaban J connectivity index is 0.00000182. The van der Waals surface area contributed by atoms with E-state index in [1.54, 1.807) is 13.3 Å². The monoisotopic (exact) mass is 330 g/mol. The molecule has 5 atom stereocenters. The van der Waals surface area contributed by atoms with Crippen LogP contribution in [0.15, 0.2) is 43.1 Å². The van der Waals surface area contributed by atoms with Gasteiger partial charge in [-0.25, -0.2) is 0 Å². The van der Waals surface area contributed by atoms with Crippen molar-refractivity contribution in [2.75, 3.05) is 20.2 Å². The van der Waals surface area contributed by atoms with Gasteiger partial charge in [0.15, 0.2) is 0 Å². The summed E-state index contributed by atoms with van der Waals surface area (Å²) in [6, 6.07) is 7.70. The van der Waals surface area contributed by atoms with Gasteiger partial charge in [-0.2, -0.15) is 0 Å². The SMILES string of the molecule is C=C[C@H]1CN2CC[C@H]1C[C@@H]2[C@@H]([O-])c1ccnc2ccc(OC)cc12.[Li+]. The van der Waals surface area contributed by atoms with Gasteiger partial charge in [0.1, 0.15) is 5.75 Å². The molecule has 126 valence electrons. The van der Waals surface area contributed by atoms with Crippen molar-refractivity contribution >= 4 is 10.9 Å². The first-order chi connectivity index (χ1) is 11.7. The number of pyridine rings is 1. The molecule has 25 heavy (non-hydrogen) atoms. The Kier molecular flexibility index (Phi) is 5.55. The first-order valence-corrected chi connectivity index (χ1v) is 8.66. The quantitative estimate of drug-likeness (QED) is 0.563. The van der Waals surface area contributed by atoms with E-state index in [9.17, 15) is 5.11 Å². The number of methoxy groups -OCH3 is 1. The molecule has 1 unspecified atom stereocenters. The molecule has 3 aliphatic heterocycles. The summed E-state index contributed by atoms with van der Waals surface area (Å²) in [7, 11) is 1.65. The minimum Gasteiger partial charge on any atom is -0.847 e. The zero-order chi connectivity index (χ0) is 16.7. The Labute approximate surface area is 161 Å². The van der Waals surface area contributed by atoms with Crippen LogP contribution in [0.2, 0.25) is 0 Å². The molecule has 0 aliphatic carbocycles. The fourth-order valence-electron chi connectivity index (χ4n) is 4.42. The molecule has 1 aromatic heterocycles. The second kappa shape index (κ2) is 7.51. The Morgan fingerprint density at radius 3 is 2.92 bits per heavy atom. The van der Waals surface area contributed by atoms with Gasteiger partial charge in [-0.1, -0.05) is 12.2 Å². The molecule has 2 aromatic rings. The van der Waals surface area contributed by atoms with Gasteiger partial charge in [-0.05, 0) is 61.1 Å². The molecule has 0 spiro atoms. The summed E-state index contributed by atoms with van der Waals surface area (Å²) in [5, 5.41) is 14.3. The van der Waals surface area contributed by atoms with Crippen molar-refractivity contribution < 1.29 is 28.7 Å². The smallest absolute Gasteiger partial charge is 0.847 e. The molecule has 5 rings (SSSR count). The molecule has 0 saturated carbocycles. The van der Waals surface area contributed by atoms with Gasteiger partial charge >= 0.3 is 18.9 Å². The van der Waals surface area contributed by atoms with E-state index in [1.165, 1.54) is 6.42 Å². The van der Waals surface area contributed by atoms with E-state index >= 15 is 0 Å². The Morgan fingerprint density at radius 2 is 2.24 bits per heavy atom. The average molecular weight is 330 g/mol. The van der Waals surface area contributed by atoms with Gasteiger partial charge in [0.2, 0.25) is 0 Å². The zero-order valence-electron chi connectivity index (χ0n) is 15.0. The van der Waals surface area contributed by atoms with Crippen LogP contribution in [-0.4, -0.2) is 36.1 Å². The summed E-state index contributed by atoms with van der Waals surface area (Å²) in [5.74, 6) is 1.91. The maximum atomic E-state index is 13.3. The molecule has 3 aliphatic rings. The van der Waals surface area contributed by atoms with Crippen LogP contribution in [0.25, 0.3) is 10.9 Å². The Bertz CT molecular complexity index is 766. The van der Waals surface area contributed by atoms with E-state index in [1.807, 2.05) is 24.3 Å². The molecular formula is C20H23LiN2O2. The molecule has 1 aromatic carbocycles. The number of piperidine rings is 3. The van der Waals surface area contributed by atoms with E-state index in [-0.39, 0.29) is 24.9 Å². The van der Waals surface area contributed by atoms with Crippen molar-refractivity contribution in [1.82, 2.24) is 9.88 Å². The van der Waals surface area contributed by atoms with Gasteiger partial charge in [0.25, 0.3) is 0 Å². The van der Waals surface area contributed by atoms with E-state index < -0.39 is 6.10 Å². The first kappa shape index (κ1) is 18.5. The Hall–Kier alpha value is -1.31. The summed E-state index contributed by atoms with van der Waals surface area (Å²) in [5.41, 5.74) is 1.70. The minimum atomic E-state index is -0.754. The standard InChI is InChI=1S/C20H23N2O2.Li/c1-3-13-12-22-9-7-14(13)10-19(22)20(23)16-6-8-21-18-5-4-15(24-2)11-17(16)18;/h3-6,8,11,13-14,19-20H,1,7,9-10,12H2,2H3;/q-1;+1/t13-,14-,19+,20-;/m0./s1. The summed E-state index contributed by atoms with van der Waals surface area (Å²) in [4.78, 5) is 6.77. The third kappa shape index (κ3) is 3.25. The topological polar surface area (TPSA) is 48.4 Å². The number of hydrogen-bond acceptors (Lipinski definition) is 4. The van der Waals surface area contributed by atoms with Crippen molar-refractivity contribution in [3.05, 3.63) is 48.7 Å². The van der Waals surface area contributed by atoms with Gasteiger partial charge in [-0.3, -0.25) is 4.98 Å². The summed E-state index contributed by atoms with van der Waals surface area (Å²) >= 11 is 0.